The molecule has 1 aliphatic carbocycles. The number of aromatic nitrogens is 2. The van der Waals surface area contributed by atoms with Gasteiger partial charge in [0.15, 0.2) is 0 Å². The van der Waals surface area contributed by atoms with Crippen LogP contribution < -0.4 is 0 Å². The highest BCUT2D eigenvalue weighted by atomic mass is 32.1. The molecule has 0 radical (unpaired) electrons. The Balaban J connectivity index is 1.42. The van der Waals surface area contributed by atoms with Crippen molar-refractivity contribution < 1.29 is 26.3 Å². The van der Waals surface area contributed by atoms with Gasteiger partial charge in [0.25, 0.3) is 0 Å². The van der Waals surface area contributed by atoms with E-state index in [1.54, 1.807) is 49.1 Å². The normalized spacial score (nSPS) is 17.3. The second-order valence-electron chi connectivity index (χ2n) is 10.5. The van der Waals surface area contributed by atoms with Crippen LogP contribution in [0.25, 0.3) is 53.6 Å². The predicted octanol–water partition coefficient (Wildman–Crippen LogP) is 10.7. The fraction of sp³-hybridized carbons (Fsp3) is 0.152. The van der Waals surface area contributed by atoms with Crippen molar-refractivity contribution in [2.75, 3.05) is 0 Å². The standard InChI is InChI=1S/C33H20F6N2S2/c1-17-25(13-27(42-17)21-5-3-19-7-9-40-15-23(19)11-21)29-30(32(36,37)33(38,39)31(29,34)35)26-14-28(43-18(26)2)22-6-4-20-8-10-41-16-24(20)12-22/h3-16H,1-2H3. The molecule has 0 fully saturated rings. The number of benzene rings is 2. The van der Waals surface area contributed by atoms with Crippen LogP contribution in [0.4, 0.5) is 26.3 Å². The van der Waals surface area contributed by atoms with Gasteiger partial charge in [-0.2, -0.15) is 26.3 Å². The fourth-order valence-corrected chi connectivity index (χ4v) is 7.70. The van der Waals surface area contributed by atoms with Crippen LogP contribution in [0.2, 0.25) is 0 Å². The molecule has 0 saturated carbocycles. The SMILES string of the molecule is Cc1sc(-c2ccc3ccncc3c2)cc1C1=C(c2cc(-c3ccc4ccncc4c3)sc2C)C(F)(F)C(F)(F)C1(F)F. The first-order valence-corrected chi connectivity index (χ1v) is 14.8. The lowest BCUT2D eigenvalue weighted by atomic mass is 9.94. The second-order valence-corrected chi connectivity index (χ2v) is 13.0. The molecule has 0 atom stereocenters. The quantitative estimate of drug-likeness (QED) is 0.183. The van der Waals surface area contributed by atoms with E-state index in [4.69, 9.17) is 0 Å². The number of pyridine rings is 2. The third-order valence-electron chi connectivity index (χ3n) is 7.89. The summed E-state index contributed by atoms with van der Waals surface area (Å²) < 4.78 is 92.8. The molecule has 216 valence electrons. The molecule has 0 N–H and O–H groups in total. The summed E-state index contributed by atoms with van der Waals surface area (Å²) in [4.78, 5) is 9.66. The summed E-state index contributed by atoms with van der Waals surface area (Å²) in [6.45, 7) is 2.97. The Hall–Kier alpha value is -4.02. The zero-order valence-corrected chi connectivity index (χ0v) is 24.2. The molecule has 0 spiro atoms. The summed E-state index contributed by atoms with van der Waals surface area (Å²) in [5.41, 5.74) is -2.01. The molecule has 7 rings (SSSR count). The third kappa shape index (κ3) is 4.06. The van der Waals surface area contributed by atoms with Crippen LogP contribution in [-0.4, -0.2) is 27.7 Å². The number of fused-ring (bicyclic) bond motifs is 2. The van der Waals surface area contributed by atoms with E-state index in [9.17, 15) is 0 Å². The zero-order valence-electron chi connectivity index (χ0n) is 22.6. The van der Waals surface area contributed by atoms with Crippen LogP contribution in [0.3, 0.4) is 0 Å². The van der Waals surface area contributed by atoms with E-state index in [-0.39, 0.29) is 20.9 Å². The molecule has 0 amide bonds. The Bertz CT molecular complexity index is 1960. The minimum Gasteiger partial charge on any atom is -0.264 e. The van der Waals surface area contributed by atoms with Gasteiger partial charge >= 0.3 is 17.8 Å². The summed E-state index contributed by atoms with van der Waals surface area (Å²) in [6.07, 6.45) is 6.58. The average Bonchev–Trinajstić information content (AvgIpc) is 3.59. The van der Waals surface area contributed by atoms with E-state index in [2.05, 4.69) is 9.97 Å². The maximum atomic E-state index is 15.6. The minimum absolute atomic E-state index is 0.233. The molecule has 2 aromatic carbocycles. The molecule has 0 aliphatic heterocycles. The molecule has 43 heavy (non-hydrogen) atoms. The third-order valence-corrected chi connectivity index (χ3v) is 10.1. The highest BCUT2D eigenvalue weighted by molar-refractivity contribution is 7.16. The van der Waals surface area contributed by atoms with Crippen molar-refractivity contribution >= 4 is 55.4 Å². The molecule has 2 nitrogen and oxygen atoms in total. The van der Waals surface area contributed by atoms with Crippen LogP contribution in [0, 0.1) is 13.8 Å². The lowest BCUT2D eigenvalue weighted by Crippen LogP contribution is -2.48. The summed E-state index contributed by atoms with van der Waals surface area (Å²) in [5, 5.41) is 3.40. The number of nitrogens with zero attached hydrogens (tertiary/aromatic N) is 2. The van der Waals surface area contributed by atoms with Gasteiger partial charge in [0.05, 0.1) is 0 Å². The topological polar surface area (TPSA) is 25.8 Å². The molecule has 4 heterocycles. The van der Waals surface area contributed by atoms with Gasteiger partial charge in [0, 0.05) is 66.2 Å². The molecule has 4 aromatic heterocycles. The molecule has 0 saturated heterocycles. The van der Waals surface area contributed by atoms with E-state index < -0.39 is 28.9 Å². The molecule has 0 bridgehead atoms. The minimum atomic E-state index is -5.63. The van der Waals surface area contributed by atoms with Gasteiger partial charge < -0.3 is 0 Å². The van der Waals surface area contributed by atoms with Crippen molar-refractivity contribution in [2.24, 2.45) is 0 Å². The highest BCUT2D eigenvalue weighted by Crippen LogP contribution is 2.66. The van der Waals surface area contributed by atoms with Gasteiger partial charge in [-0.3, -0.25) is 9.97 Å². The van der Waals surface area contributed by atoms with Gasteiger partial charge in [-0.25, -0.2) is 0 Å². The van der Waals surface area contributed by atoms with Crippen molar-refractivity contribution in [3.8, 4) is 20.9 Å². The largest absolute Gasteiger partial charge is 0.380 e. The van der Waals surface area contributed by atoms with Gasteiger partial charge in [0.1, 0.15) is 0 Å². The second kappa shape index (κ2) is 9.49. The fourth-order valence-electron chi connectivity index (χ4n) is 5.65. The Labute approximate surface area is 250 Å². The first-order chi connectivity index (χ1) is 20.4. The number of rotatable bonds is 4. The monoisotopic (exact) mass is 622 g/mol. The van der Waals surface area contributed by atoms with E-state index in [1.807, 2.05) is 24.3 Å². The lowest BCUT2D eigenvalue weighted by molar-refractivity contribution is -0.254. The number of alkyl halides is 6. The number of hydrogen-bond donors (Lipinski definition) is 0. The number of thiophene rings is 2. The highest BCUT2D eigenvalue weighted by Gasteiger charge is 2.80. The number of aryl methyl sites for hydroxylation is 2. The summed E-state index contributed by atoms with van der Waals surface area (Å²) in [6, 6.07) is 17.1. The molecule has 6 aromatic rings. The summed E-state index contributed by atoms with van der Waals surface area (Å²) in [5.74, 6) is -15.9. The van der Waals surface area contributed by atoms with Gasteiger partial charge in [-0.05, 0) is 83.3 Å². The van der Waals surface area contributed by atoms with E-state index in [1.165, 1.54) is 26.0 Å². The Morgan fingerprint density at radius 2 is 0.953 bits per heavy atom. The maximum absolute atomic E-state index is 15.6. The smallest absolute Gasteiger partial charge is 0.264 e. The Morgan fingerprint density at radius 1 is 0.535 bits per heavy atom. The van der Waals surface area contributed by atoms with Crippen LogP contribution in [0.1, 0.15) is 20.9 Å². The predicted molar refractivity (Wildman–Crippen MR) is 161 cm³/mol. The van der Waals surface area contributed by atoms with E-state index in [0.29, 0.717) is 20.9 Å². The van der Waals surface area contributed by atoms with Crippen LogP contribution in [0.15, 0.2) is 85.5 Å². The van der Waals surface area contributed by atoms with Crippen molar-refractivity contribution in [2.45, 2.75) is 31.6 Å². The summed E-state index contributed by atoms with van der Waals surface area (Å²) >= 11 is 2.17. The van der Waals surface area contributed by atoms with Crippen LogP contribution >= 0.6 is 22.7 Å². The molecular formula is C33H20F6N2S2. The average molecular weight is 623 g/mol. The first kappa shape index (κ1) is 27.8. The van der Waals surface area contributed by atoms with E-state index in [0.717, 1.165) is 44.2 Å². The first-order valence-electron chi connectivity index (χ1n) is 13.2. The number of allylic oxidation sites excluding steroid dienone is 2. The molecular weight excluding hydrogens is 602 g/mol. The van der Waals surface area contributed by atoms with Gasteiger partial charge in [-0.1, -0.05) is 24.3 Å². The van der Waals surface area contributed by atoms with E-state index >= 15 is 26.3 Å². The lowest BCUT2D eigenvalue weighted by Gasteiger charge is -2.25. The van der Waals surface area contributed by atoms with Crippen molar-refractivity contribution in [1.29, 1.82) is 0 Å². The Kier molecular flexibility index (Phi) is 6.13. The van der Waals surface area contributed by atoms with Gasteiger partial charge in [0.2, 0.25) is 0 Å². The Morgan fingerprint density at radius 3 is 1.37 bits per heavy atom. The maximum Gasteiger partial charge on any atom is 0.380 e. The van der Waals surface area contributed by atoms with Crippen LogP contribution in [-0.2, 0) is 0 Å². The van der Waals surface area contributed by atoms with Crippen molar-refractivity contribution in [1.82, 2.24) is 9.97 Å². The van der Waals surface area contributed by atoms with Crippen molar-refractivity contribution in [3.63, 3.8) is 0 Å². The van der Waals surface area contributed by atoms with Crippen molar-refractivity contribution in [3.05, 3.63) is 106 Å². The van der Waals surface area contributed by atoms with Crippen LogP contribution in [0.5, 0.6) is 0 Å². The number of hydrogen-bond acceptors (Lipinski definition) is 4. The van der Waals surface area contributed by atoms with Gasteiger partial charge in [-0.15, -0.1) is 22.7 Å². The molecule has 0 unspecified atom stereocenters. The zero-order chi connectivity index (χ0) is 30.3. The summed E-state index contributed by atoms with van der Waals surface area (Å²) in [7, 11) is 0. The molecule has 10 heteroatoms. The molecule has 1 aliphatic rings. The number of halogens is 6.